The van der Waals surface area contributed by atoms with Gasteiger partial charge in [-0.2, -0.15) is 0 Å². The Hall–Kier alpha value is -2.11. The van der Waals surface area contributed by atoms with Gasteiger partial charge in [0.05, 0.1) is 21.7 Å². The minimum absolute atomic E-state index is 0.290. The average Bonchev–Trinajstić information content (AvgIpc) is 2.78. The maximum Gasteiger partial charge on any atom is 0.140 e. The maximum atomic E-state index is 13.5. The zero-order valence-corrected chi connectivity index (χ0v) is 11.1. The van der Waals surface area contributed by atoms with E-state index in [1.54, 1.807) is 22.8 Å². The average molecular weight is 292 g/mol. The molecule has 0 saturated heterocycles. The number of hydrogen-bond acceptors (Lipinski definition) is 3. The number of aliphatic hydroxyl groups is 1. The van der Waals surface area contributed by atoms with Crippen LogP contribution in [0.3, 0.4) is 0 Å². The number of aromatic nitrogens is 2. The number of nitrogens with two attached hydrogens (primary N) is 1. The molecule has 3 N–H and O–H groups in total. The standard InChI is InChI=1S/C14H11ClFN3O/c15-10-3-1-8(16)5-13(10)19-12-4-2-9(17)6-11(12)18-14(19)7-20/h1-6,20H,7,17H2. The third-order valence-electron chi connectivity index (χ3n) is 3.04. The van der Waals surface area contributed by atoms with E-state index in [-0.39, 0.29) is 6.61 Å². The van der Waals surface area contributed by atoms with E-state index in [9.17, 15) is 9.50 Å². The molecule has 0 aliphatic rings. The molecule has 0 aliphatic carbocycles. The molecule has 3 aromatic rings. The second kappa shape index (κ2) is 4.77. The molecule has 0 bridgehead atoms. The van der Waals surface area contributed by atoms with Gasteiger partial charge in [-0.3, -0.25) is 4.57 Å². The normalized spacial score (nSPS) is 11.2. The Morgan fingerprint density at radius 3 is 2.80 bits per heavy atom. The smallest absolute Gasteiger partial charge is 0.140 e. The van der Waals surface area contributed by atoms with Gasteiger partial charge in [-0.1, -0.05) is 11.6 Å². The molecule has 6 heteroatoms. The molecule has 0 aliphatic heterocycles. The number of benzene rings is 2. The van der Waals surface area contributed by atoms with Gasteiger partial charge in [0.15, 0.2) is 0 Å². The van der Waals surface area contributed by atoms with Crippen LogP contribution in [0.2, 0.25) is 5.02 Å². The Balaban J connectivity index is 2.37. The molecule has 0 saturated carbocycles. The van der Waals surface area contributed by atoms with Crippen molar-refractivity contribution < 1.29 is 9.50 Å². The lowest BCUT2D eigenvalue weighted by atomic mass is 10.2. The quantitative estimate of drug-likeness (QED) is 0.714. The first-order chi connectivity index (χ1) is 9.60. The molecule has 20 heavy (non-hydrogen) atoms. The van der Waals surface area contributed by atoms with Gasteiger partial charge >= 0.3 is 0 Å². The maximum absolute atomic E-state index is 13.5. The number of hydrogen-bond donors (Lipinski definition) is 2. The fourth-order valence-corrected chi connectivity index (χ4v) is 2.38. The highest BCUT2D eigenvalue weighted by atomic mass is 35.5. The summed E-state index contributed by atoms with van der Waals surface area (Å²) in [5.41, 5.74) is 8.04. The first-order valence-corrected chi connectivity index (χ1v) is 6.31. The van der Waals surface area contributed by atoms with Crippen molar-refractivity contribution in [3.63, 3.8) is 0 Å². The molecule has 0 amide bonds. The van der Waals surface area contributed by atoms with Crippen LogP contribution in [0.4, 0.5) is 10.1 Å². The van der Waals surface area contributed by atoms with Crippen molar-refractivity contribution in [1.29, 1.82) is 0 Å². The summed E-state index contributed by atoms with van der Waals surface area (Å²) in [4.78, 5) is 4.29. The predicted octanol–water partition coefficient (Wildman–Crippen LogP) is 2.89. The largest absolute Gasteiger partial charge is 0.399 e. The summed E-state index contributed by atoms with van der Waals surface area (Å²) in [6, 6.07) is 9.22. The topological polar surface area (TPSA) is 64.1 Å². The van der Waals surface area contributed by atoms with E-state index < -0.39 is 5.82 Å². The van der Waals surface area contributed by atoms with Crippen molar-refractivity contribution >= 4 is 28.3 Å². The van der Waals surface area contributed by atoms with Crippen LogP contribution in [-0.4, -0.2) is 14.7 Å². The van der Waals surface area contributed by atoms with Gasteiger partial charge in [-0.15, -0.1) is 0 Å². The number of aliphatic hydroxyl groups excluding tert-OH is 1. The Labute approximate surface area is 119 Å². The summed E-state index contributed by atoms with van der Waals surface area (Å²) >= 11 is 6.13. The summed E-state index contributed by atoms with van der Waals surface area (Å²) in [7, 11) is 0. The number of nitrogens with zero attached hydrogens (tertiary/aromatic N) is 2. The number of anilines is 1. The second-order valence-electron chi connectivity index (χ2n) is 4.37. The number of halogens is 2. The van der Waals surface area contributed by atoms with Crippen LogP contribution < -0.4 is 5.73 Å². The van der Waals surface area contributed by atoms with E-state index in [1.165, 1.54) is 18.2 Å². The zero-order chi connectivity index (χ0) is 14.3. The summed E-state index contributed by atoms with van der Waals surface area (Å²) in [6.07, 6.45) is 0. The van der Waals surface area contributed by atoms with E-state index in [1.807, 2.05) is 0 Å². The Morgan fingerprint density at radius 2 is 2.05 bits per heavy atom. The van der Waals surface area contributed by atoms with Crippen LogP contribution in [-0.2, 0) is 6.61 Å². The molecule has 0 radical (unpaired) electrons. The molecule has 0 atom stereocenters. The third-order valence-corrected chi connectivity index (χ3v) is 3.36. The first-order valence-electron chi connectivity index (χ1n) is 5.93. The molecule has 1 aromatic heterocycles. The van der Waals surface area contributed by atoms with E-state index in [0.29, 0.717) is 33.3 Å². The highest BCUT2D eigenvalue weighted by Gasteiger charge is 2.15. The Kier molecular flexibility index (Phi) is 3.08. The second-order valence-corrected chi connectivity index (χ2v) is 4.77. The molecule has 4 nitrogen and oxygen atoms in total. The van der Waals surface area contributed by atoms with Crippen LogP contribution in [0.15, 0.2) is 36.4 Å². The molecule has 2 aromatic carbocycles. The Bertz CT molecular complexity index is 800. The van der Waals surface area contributed by atoms with Crippen LogP contribution in [0.25, 0.3) is 16.7 Å². The van der Waals surface area contributed by atoms with Gasteiger partial charge in [-0.25, -0.2) is 9.37 Å². The number of rotatable bonds is 2. The molecule has 0 spiro atoms. The third kappa shape index (κ3) is 2.01. The summed E-state index contributed by atoms with van der Waals surface area (Å²) in [5.74, 6) is -0.0383. The van der Waals surface area contributed by atoms with Gasteiger partial charge in [0, 0.05) is 5.69 Å². The van der Waals surface area contributed by atoms with Crippen molar-refractivity contribution in [2.45, 2.75) is 6.61 Å². The summed E-state index contributed by atoms with van der Waals surface area (Å²) in [6.45, 7) is -0.290. The van der Waals surface area contributed by atoms with Crippen molar-refractivity contribution in [3.8, 4) is 5.69 Å². The predicted molar refractivity (Wildman–Crippen MR) is 76.4 cm³/mol. The summed E-state index contributed by atoms with van der Waals surface area (Å²) in [5, 5.41) is 9.83. The van der Waals surface area contributed by atoms with Crippen molar-refractivity contribution in [2.24, 2.45) is 0 Å². The van der Waals surface area contributed by atoms with Crippen LogP contribution in [0, 0.1) is 5.82 Å². The van der Waals surface area contributed by atoms with Crippen molar-refractivity contribution in [1.82, 2.24) is 9.55 Å². The highest BCUT2D eigenvalue weighted by molar-refractivity contribution is 6.32. The van der Waals surface area contributed by atoms with Crippen molar-refractivity contribution in [2.75, 3.05) is 5.73 Å². The number of imidazole rings is 1. The lowest BCUT2D eigenvalue weighted by Crippen LogP contribution is -2.02. The number of fused-ring (bicyclic) bond motifs is 1. The molecular formula is C14H11ClFN3O. The van der Waals surface area contributed by atoms with E-state index in [2.05, 4.69) is 4.98 Å². The lowest BCUT2D eigenvalue weighted by Gasteiger charge is -2.10. The van der Waals surface area contributed by atoms with Crippen LogP contribution >= 0.6 is 11.6 Å². The van der Waals surface area contributed by atoms with Crippen LogP contribution in [0.5, 0.6) is 0 Å². The number of nitrogen functional groups attached to an aromatic ring is 1. The Morgan fingerprint density at radius 1 is 1.25 bits per heavy atom. The minimum atomic E-state index is -0.411. The molecule has 0 unspecified atom stereocenters. The summed E-state index contributed by atoms with van der Waals surface area (Å²) < 4.78 is 15.1. The monoisotopic (exact) mass is 291 g/mol. The highest BCUT2D eigenvalue weighted by Crippen LogP contribution is 2.28. The first kappa shape index (κ1) is 12.9. The zero-order valence-electron chi connectivity index (χ0n) is 10.3. The molecule has 1 heterocycles. The van der Waals surface area contributed by atoms with Crippen molar-refractivity contribution in [3.05, 3.63) is 53.1 Å². The van der Waals surface area contributed by atoms with E-state index >= 15 is 0 Å². The lowest BCUT2D eigenvalue weighted by molar-refractivity contribution is 0.270. The van der Waals surface area contributed by atoms with E-state index in [0.717, 1.165) is 0 Å². The fraction of sp³-hybridized carbons (Fsp3) is 0.0714. The van der Waals surface area contributed by atoms with Gasteiger partial charge in [-0.05, 0) is 36.4 Å². The van der Waals surface area contributed by atoms with Gasteiger partial charge in [0.1, 0.15) is 18.2 Å². The molecular weight excluding hydrogens is 281 g/mol. The van der Waals surface area contributed by atoms with Gasteiger partial charge in [0.2, 0.25) is 0 Å². The van der Waals surface area contributed by atoms with Crippen LogP contribution in [0.1, 0.15) is 5.82 Å². The molecule has 102 valence electrons. The molecule has 0 fully saturated rings. The van der Waals surface area contributed by atoms with Gasteiger partial charge < -0.3 is 10.8 Å². The molecule has 3 rings (SSSR count). The minimum Gasteiger partial charge on any atom is -0.399 e. The van der Waals surface area contributed by atoms with E-state index in [4.69, 9.17) is 17.3 Å². The van der Waals surface area contributed by atoms with Gasteiger partial charge in [0.25, 0.3) is 0 Å². The fourth-order valence-electron chi connectivity index (χ4n) is 2.18. The SMILES string of the molecule is Nc1ccc2c(c1)nc(CO)n2-c1cc(F)ccc1Cl.